The minimum Gasteiger partial charge on any atom is -0.491 e. The molecular weight excluding hydrogens is 474 g/mol. The second-order valence-electron chi connectivity index (χ2n) is 6.07. The van der Waals surface area contributed by atoms with Crippen LogP contribution >= 0.6 is 0 Å². The normalized spacial score (nSPS) is 11.5. The van der Waals surface area contributed by atoms with Crippen molar-refractivity contribution in [3.05, 3.63) is 76.9 Å². The van der Waals surface area contributed by atoms with Crippen LogP contribution in [0.4, 0.5) is 46.5 Å². The van der Waals surface area contributed by atoms with Gasteiger partial charge in [0.1, 0.15) is 15.5 Å². The van der Waals surface area contributed by atoms with Crippen molar-refractivity contribution in [3.8, 4) is 5.75 Å². The van der Waals surface area contributed by atoms with Gasteiger partial charge in [0.15, 0.2) is 40.7 Å². The number of benzene rings is 3. The first-order valence-corrected chi connectivity index (χ1v) is 9.76. The van der Waals surface area contributed by atoms with Crippen molar-refractivity contribution in [2.75, 3.05) is 12.4 Å². The minimum absolute atomic E-state index is 0.179. The molecule has 0 spiro atoms. The third-order valence-corrected chi connectivity index (χ3v) is 6.01. The summed E-state index contributed by atoms with van der Waals surface area (Å²) in [6.45, 7) is 0. The molecular formula is C19H9F8NO3S. The summed E-state index contributed by atoms with van der Waals surface area (Å²) in [6, 6.07) is 6.46. The van der Waals surface area contributed by atoms with Crippen molar-refractivity contribution >= 4 is 21.2 Å². The Labute approximate surface area is 175 Å². The summed E-state index contributed by atoms with van der Waals surface area (Å²) < 4.78 is 143. The van der Waals surface area contributed by atoms with Crippen molar-refractivity contribution in [1.82, 2.24) is 0 Å². The quantitative estimate of drug-likeness (QED) is 0.229. The molecule has 0 bridgehead atoms. The molecule has 0 aliphatic carbocycles. The van der Waals surface area contributed by atoms with Crippen LogP contribution in [0.25, 0.3) is 0 Å². The molecule has 0 radical (unpaired) electrons. The average molecular weight is 483 g/mol. The van der Waals surface area contributed by atoms with Crippen LogP contribution in [0.1, 0.15) is 0 Å². The van der Waals surface area contributed by atoms with E-state index in [4.69, 9.17) is 0 Å². The lowest BCUT2D eigenvalue weighted by molar-refractivity contribution is 0.322. The number of hydrogen-bond acceptors (Lipinski definition) is 4. The Morgan fingerprint density at radius 3 is 1.62 bits per heavy atom. The highest BCUT2D eigenvalue weighted by Gasteiger charge is 2.40. The van der Waals surface area contributed by atoms with Crippen LogP contribution in [0.15, 0.2) is 40.1 Å². The monoisotopic (exact) mass is 483 g/mol. The molecule has 0 aliphatic heterocycles. The van der Waals surface area contributed by atoms with Crippen LogP contribution in [0.5, 0.6) is 5.75 Å². The molecule has 0 amide bonds. The number of sulfone groups is 1. The zero-order valence-electron chi connectivity index (χ0n) is 15.5. The van der Waals surface area contributed by atoms with E-state index in [9.17, 15) is 43.5 Å². The molecule has 0 atom stereocenters. The molecule has 4 nitrogen and oxygen atoms in total. The molecule has 3 aromatic rings. The van der Waals surface area contributed by atoms with Crippen molar-refractivity contribution in [2.24, 2.45) is 0 Å². The predicted molar refractivity (Wildman–Crippen MR) is 94.3 cm³/mol. The van der Waals surface area contributed by atoms with Crippen LogP contribution in [0.2, 0.25) is 0 Å². The minimum atomic E-state index is -6.08. The van der Waals surface area contributed by atoms with E-state index in [0.29, 0.717) is 7.11 Å². The van der Waals surface area contributed by atoms with Crippen LogP contribution in [-0.4, -0.2) is 15.5 Å². The van der Waals surface area contributed by atoms with Gasteiger partial charge in [-0.15, -0.1) is 0 Å². The maximum Gasteiger partial charge on any atom is 0.217 e. The first kappa shape index (κ1) is 23.3. The van der Waals surface area contributed by atoms with E-state index in [0.717, 1.165) is 0 Å². The Morgan fingerprint density at radius 2 is 1.12 bits per heavy atom. The Balaban J connectivity index is 2.42. The summed E-state index contributed by atoms with van der Waals surface area (Å²) in [5.41, 5.74) is -1.77. The molecule has 0 heterocycles. The van der Waals surface area contributed by atoms with Crippen LogP contribution in [0.3, 0.4) is 0 Å². The molecule has 3 aromatic carbocycles. The van der Waals surface area contributed by atoms with Gasteiger partial charge in [-0.3, -0.25) is 0 Å². The van der Waals surface area contributed by atoms with Crippen molar-refractivity contribution in [2.45, 2.75) is 9.79 Å². The molecule has 0 unspecified atom stereocenters. The second kappa shape index (κ2) is 8.30. The van der Waals surface area contributed by atoms with E-state index >= 15 is 0 Å². The van der Waals surface area contributed by atoms with E-state index in [1.165, 1.54) is 30.3 Å². The predicted octanol–water partition coefficient (Wildman–Crippen LogP) is 5.38. The molecule has 3 rings (SSSR count). The van der Waals surface area contributed by atoms with Gasteiger partial charge in [-0.05, 0) is 12.1 Å². The zero-order chi connectivity index (χ0) is 24.0. The maximum absolute atomic E-state index is 14.5. The SMILES string of the molecule is COc1c(F)c(F)c(S(=O)(=O)c2c(F)c(F)c(F)c(F)c2Nc2ccccc2)c(F)c1F. The number of anilines is 2. The van der Waals surface area contributed by atoms with Crippen LogP contribution in [0, 0.1) is 46.5 Å². The van der Waals surface area contributed by atoms with Gasteiger partial charge in [0.05, 0.1) is 7.11 Å². The van der Waals surface area contributed by atoms with E-state index in [-0.39, 0.29) is 5.69 Å². The van der Waals surface area contributed by atoms with Crippen molar-refractivity contribution < 1.29 is 48.3 Å². The molecule has 0 fully saturated rings. The lowest BCUT2D eigenvalue weighted by Gasteiger charge is -2.17. The molecule has 0 saturated heterocycles. The zero-order valence-corrected chi connectivity index (χ0v) is 16.4. The molecule has 0 saturated carbocycles. The number of ether oxygens (including phenoxy) is 1. The second-order valence-corrected chi connectivity index (χ2v) is 7.90. The highest BCUT2D eigenvalue weighted by atomic mass is 32.2. The Bertz CT molecular complexity index is 1300. The standard InChI is InChI=1S/C19H9F8NO3S/c1-31-17-11(23)14(26)18(15(27)12(17)24)32(29,30)19-13(25)9(21)8(20)10(22)16(19)28-7-5-3-2-4-6-7/h2-6,28H,1H3. The number of nitrogens with one attached hydrogen (secondary N) is 1. The number of para-hydroxylation sites is 1. The van der Waals surface area contributed by atoms with Gasteiger partial charge in [-0.1, -0.05) is 18.2 Å². The van der Waals surface area contributed by atoms with Crippen LogP contribution in [-0.2, 0) is 9.84 Å². The van der Waals surface area contributed by atoms with Gasteiger partial charge in [-0.25, -0.2) is 34.8 Å². The van der Waals surface area contributed by atoms with Crippen molar-refractivity contribution in [1.29, 1.82) is 0 Å². The highest BCUT2D eigenvalue weighted by molar-refractivity contribution is 7.91. The smallest absolute Gasteiger partial charge is 0.217 e. The fourth-order valence-corrected chi connectivity index (χ4v) is 4.34. The van der Waals surface area contributed by atoms with Crippen molar-refractivity contribution in [3.63, 3.8) is 0 Å². The first-order chi connectivity index (χ1) is 14.9. The molecule has 32 heavy (non-hydrogen) atoms. The molecule has 0 aromatic heterocycles. The average Bonchev–Trinajstić information content (AvgIpc) is 2.75. The molecule has 13 heteroatoms. The third-order valence-electron chi connectivity index (χ3n) is 4.19. The Kier molecular flexibility index (Phi) is 6.05. The fraction of sp³-hybridized carbons (Fsp3) is 0.0526. The summed E-state index contributed by atoms with van der Waals surface area (Å²) >= 11 is 0. The van der Waals surface area contributed by atoms with E-state index in [2.05, 4.69) is 4.74 Å². The van der Waals surface area contributed by atoms with E-state index in [1.807, 2.05) is 5.32 Å². The maximum atomic E-state index is 14.5. The summed E-state index contributed by atoms with van der Waals surface area (Å²) in [5.74, 6) is -21.3. The van der Waals surface area contributed by atoms with E-state index in [1.54, 1.807) is 0 Å². The third kappa shape index (κ3) is 3.51. The Hall–Kier alpha value is -3.35. The van der Waals surface area contributed by atoms with Gasteiger partial charge in [-0.2, -0.15) is 8.78 Å². The first-order valence-electron chi connectivity index (χ1n) is 8.28. The fourth-order valence-electron chi connectivity index (χ4n) is 2.75. The lowest BCUT2D eigenvalue weighted by Crippen LogP contribution is -2.18. The summed E-state index contributed by atoms with van der Waals surface area (Å²) in [4.78, 5) is -4.53. The summed E-state index contributed by atoms with van der Waals surface area (Å²) in [6.07, 6.45) is 0. The highest BCUT2D eigenvalue weighted by Crippen LogP contribution is 2.41. The number of hydrogen-bond donors (Lipinski definition) is 1. The molecule has 1 N–H and O–H groups in total. The van der Waals surface area contributed by atoms with Gasteiger partial charge in [0.25, 0.3) is 0 Å². The Morgan fingerprint density at radius 1 is 0.656 bits per heavy atom. The molecule has 0 aliphatic rings. The van der Waals surface area contributed by atoms with Crippen LogP contribution < -0.4 is 10.1 Å². The largest absolute Gasteiger partial charge is 0.491 e. The van der Waals surface area contributed by atoms with Gasteiger partial charge < -0.3 is 10.1 Å². The lowest BCUT2D eigenvalue weighted by atomic mass is 10.2. The number of methoxy groups -OCH3 is 1. The van der Waals surface area contributed by atoms with Gasteiger partial charge in [0.2, 0.25) is 21.5 Å². The number of halogens is 8. The summed E-state index contributed by atoms with van der Waals surface area (Å²) in [5, 5.41) is 1.96. The van der Waals surface area contributed by atoms with Gasteiger partial charge in [0, 0.05) is 5.69 Å². The van der Waals surface area contributed by atoms with E-state index < -0.39 is 77.6 Å². The van der Waals surface area contributed by atoms with Gasteiger partial charge >= 0.3 is 0 Å². The number of rotatable bonds is 5. The topological polar surface area (TPSA) is 55.4 Å². The summed E-state index contributed by atoms with van der Waals surface area (Å²) in [7, 11) is -5.47. The molecule has 170 valence electrons.